The second-order valence-corrected chi connectivity index (χ2v) is 3.54. The standard InChI is InChI=1S/C11H11N5/c12-6-11(13,7-16-9-14-8-15-16)10-4-2-1-3-5-10/h1-5,8-9H,7,13H2. The van der Waals surface area contributed by atoms with Crippen molar-refractivity contribution in [3.63, 3.8) is 0 Å². The zero-order chi connectivity index (χ0) is 11.4. The molecule has 2 N–H and O–H groups in total. The molecule has 0 fully saturated rings. The van der Waals surface area contributed by atoms with Crippen LogP contribution in [0.25, 0.3) is 0 Å². The molecule has 5 nitrogen and oxygen atoms in total. The monoisotopic (exact) mass is 213 g/mol. The van der Waals surface area contributed by atoms with Crippen molar-refractivity contribution < 1.29 is 0 Å². The quantitative estimate of drug-likeness (QED) is 0.812. The van der Waals surface area contributed by atoms with Crippen LogP contribution in [0, 0.1) is 11.3 Å². The van der Waals surface area contributed by atoms with Crippen LogP contribution in [-0.2, 0) is 12.1 Å². The molecular formula is C11H11N5. The highest BCUT2D eigenvalue weighted by molar-refractivity contribution is 5.30. The number of benzene rings is 1. The predicted molar refractivity (Wildman–Crippen MR) is 57.9 cm³/mol. The summed E-state index contributed by atoms with van der Waals surface area (Å²) in [6, 6.07) is 11.4. The summed E-state index contributed by atoms with van der Waals surface area (Å²) >= 11 is 0. The van der Waals surface area contributed by atoms with E-state index in [1.165, 1.54) is 6.33 Å². The van der Waals surface area contributed by atoms with Crippen LogP contribution in [-0.4, -0.2) is 14.8 Å². The smallest absolute Gasteiger partial charge is 0.149 e. The molecule has 0 aliphatic heterocycles. The van der Waals surface area contributed by atoms with E-state index in [0.29, 0.717) is 0 Å². The molecule has 1 heterocycles. The van der Waals surface area contributed by atoms with Crippen molar-refractivity contribution in [2.24, 2.45) is 5.73 Å². The normalized spacial score (nSPS) is 14.0. The Labute approximate surface area is 93.1 Å². The Hall–Kier alpha value is -2.19. The fourth-order valence-corrected chi connectivity index (χ4v) is 1.50. The van der Waals surface area contributed by atoms with Crippen LogP contribution in [0.2, 0.25) is 0 Å². The van der Waals surface area contributed by atoms with Gasteiger partial charge in [-0.15, -0.1) is 0 Å². The number of nitriles is 1. The third-order valence-corrected chi connectivity index (χ3v) is 2.37. The minimum atomic E-state index is -1.07. The van der Waals surface area contributed by atoms with Gasteiger partial charge in [0.15, 0.2) is 0 Å². The van der Waals surface area contributed by atoms with Crippen molar-refractivity contribution in [1.82, 2.24) is 14.8 Å². The van der Waals surface area contributed by atoms with Gasteiger partial charge in [-0.05, 0) is 5.56 Å². The number of rotatable bonds is 3. The van der Waals surface area contributed by atoms with Crippen molar-refractivity contribution in [2.45, 2.75) is 12.1 Å². The van der Waals surface area contributed by atoms with Crippen LogP contribution in [0.15, 0.2) is 43.0 Å². The SMILES string of the molecule is N#CC(N)(Cn1cncn1)c1ccccc1. The van der Waals surface area contributed by atoms with Gasteiger partial charge in [-0.3, -0.25) is 0 Å². The van der Waals surface area contributed by atoms with E-state index in [1.807, 2.05) is 30.3 Å². The summed E-state index contributed by atoms with van der Waals surface area (Å²) in [5, 5.41) is 13.2. The van der Waals surface area contributed by atoms with Gasteiger partial charge in [0.1, 0.15) is 18.2 Å². The zero-order valence-corrected chi connectivity index (χ0v) is 8.61. The van der Waals surface area contributed by atoms with E-state index in [2.05, 4.69) is 16.2 Å². The summed E-state index contributed by atoms with van der Waals surface area (Å²) in [6.45, 7) is 0.285. The first-order chi connectivity index (χ1) is 7.74. The number of nitrogens with zero attached hydrogens (tertiary/aromatic N) is 4. The minimum Gasteiger partial charge on any atom is -0.308 e. The van der Waals surface area contributed by atoms with Crippen LogP contribution in [0.4, 0.5) is 0 Å². The van der Waals surface area contributed by atoms with E-state index >= 15 is 0 Å². The van der Waals surface area contributed by atoms with E-state index in [4.69, 9.17) is 5.73 Å². The Balaban J connectivity index is 2.31. The van der Waals surface area contributed by atoms with Crippen molar-refractivity contribution in [3.05, 3.63) is 48.5 Å². The van der Waals surface area contributed by atoms with Crippen molar-refractivity contribution >= 4 is 0 Å². The molecule has 1 aromatic carbocycles. The molecule has 0 spiro atoms. The molecule has 2 rings (SSSR count). The first-order valence-corrected chi connectivity index (χ1v) is 4.83. The Morgan fingerprint density at radius 2 is 2.12 bits per heavy atom. The maximum Gasteiger partial charge on any atom is 0.149 e. The molecule has 1 unspecified atom stereocenters. The molecule has 0 bridgehead atoms. The highest BCUT2D eigenvalue weighted by Crippen LogP contribution is 2.18. The lowest BCUT2D eigenvalue weighted by Gasteiger charge is -2.21. The lowest BCUT2D eigenvalue weighted by Crippen LogP contribution is -2.39. The second kappa shape index (κ2) is 4.13. The van der Waals surface area contributed by atoms with E-state index in [9.17, 15) is 5.26 Å². The topological polar surface area (TPSA) is 80.5 Å². The largest absolute Gasteiger partial charge is 0.308 e. The van der Waals surface area contributed by atoms with Crippen LogP contribution in [0.1, 0.15) is 5.56 Å². The van der Waals surface area contributed by atoms with Gasteiger partial charge in [0.2, 0.25) is 0 Å². The van der Waals surface area contributed by atoms with Crippen molar-refractivity contribution in [2.75, 3.05) is 0 Å². The summed E-state index contributed by atoms with van der Waals surface area (Å²) in [7, 11) is 0. The summed E-state index contributed by atoms with van der Waals surface area (Å²) < 4.78 is 1.55. The molecule has 1 atom stereocenters. The van der Waals surface area contributed by atoms with E-state index in [1.54, 1.807) is 11.0 Å². The van der Waals surface area contributed by atoms with Gasteiger partial charge in [0.05, 0.1) is 12.6 Å². The van der Waals surface area contributed by atoms with Gasteiger partial charge in [-0.25, -0.2) is 9.67 Å². The molecular weight excluding hydrogens is 202 g/mol. The Bertz CT molecular complexity index is 485. The molecule has 0 aliphatic carbocycles. The number of nitrogens with two attached hydrogens (primary N) is 1. The van der Waals surface area contributed by atoms with Gasteiger partial charge in [-0.2, -0.15) is 10.4 Å². The Morgan fingerprint density at radius 3 is 2.69 bits per heavy atom. The molecule has 0 amide bonds. The summed E-state index contributed by atoms with van der Waals surface area (Å²) in [5.74, 6) is 0. The predicted octanol–water partition coefficient (Wildman–Crippen LogP) is 0.656. The number of aromatic nitrogens is 3. The third kappa shape index (κ3) is 1.92. The van der Waals surface area contributed by atoms with Crippen molar-refractivity contribution in [1.29, 1.82) is 5.26 Å². The third-order valence-electron chi connectivity index (χ3n) is 2.37. The van der Waals surface area contributed by atoms with Crippen LogP contribution in [0.5, 0.6) is 0 Å². The van der Waals surface area contributed by atoms with Gasteiger partial charge in [0, 0.05) is 0 Å². The molecule has 0 aliphatic rings. The number of hydrogen-bond donors (Lipinski definition) is 1. The highest BCUT2D eigenvalue weighted by Gasteiger charge is 2.27. The molecule has 0 saturated heterocycles. The maximum absolute atomic E-state index is 9.20. The molecule has 0 saturated carbocycles. The van der Waals surface area contributed by atoms with E-state index in [0.717, 1.165) is 5.56 Å². The van der Waals surface area contributed by atoms with E-state index in [-0.39, 0.29) is 6.54 Å². The van der Waals surface area contributed by atoms with Crippen LogP contribution >= 0.6 is 0 Å². The summed E-state index contributed by atoms with van der Waals surface area (Å²) in [4.78, 5) is 3.82. The molecule has 16 heavy (non-hydrogen) atoms. The van der Waals surface area contributed by atoms with Gasteiger partial charge < -0.3 is 5.73 Å². The van der Waals surface area contributed by atoms with Gasteiger partial charge in [-0.1, -0.05) is 30.3 Å². The first-order valence-electron chi connectivity index (χ1n) is 4.83. The van der Waals surface area contributed by atoms with Gasteiger partial charge in [0.25, 0.3) is 0 Å². The highest BCUT2D eigenvalue weighted by atomic mass is 15.3. The fourth-order valence-electron chi connectivity index (χ4n) is 1.50. The van der Waals surface area contributed by atoms with E-state index < -0.39 is 5.54 Å². The Morgan fingerprint density at radius 1 is 1.38 bits per heavy atom. The molecule has 80 valence electrons. The summed E-state index contributed by atoms with van der Waals surface area (Å²) in [5.41, 5.74) is 5.76. The Kier molecular flexibility index (Phi) is 2.66. The minimum absolute atomic E-state index is 0.285. The lowest BCUT2D eigenvalue weighted by molar-refractivity contribution is 0.441. The van der Waals surface area contributed by atoms with Gasteiger partial charge >= 0.3 is 0 Å². The molecule has 2 aromatic rings. The fraction of sp³-hybridized carbons (Fsp3) is 0.182. The molecule has 5 heteroatoms. The maximum atomic E-state index is 9.20. The number of hydrogen-bond acceptors (Lipinski definition) is 4. The summed E-state index contributed by atoms with van der Waals surface area (Å²) in [6.07, 6.45) is 2.96. The average Bonchev–Trinajstić information content (AvgIpc) is 2.83. The lowest BCUT2D eigenvalue weighted by atomic mass is 9.93. The first kappa shape index (κ1) is 10.3. The van der Waals surface area contributed by atoms with Crippen LogP contribution < -0.4 is 5.73 Å². The zero-order valence-electron chi connectivity index (χ0n) is 8.61. The van der Waals surface area contributed by atoms with Crippen LogP contribution in [0.3, 0.4) is 0 Å². The second-order valence-electron chi connectivity index (χ2n) is 3.54. The molecule has 0 radical (unpaired) electrons. The molecule has 1 aromatic heterocycles. The average molecular weight is 213 g/mol. The van der Waals surface area contributed by atoms with Crippen molar-refractivity contribution in [3.8, 4) is 6.07 Å².